The van der Waals surface area contributed by atoms with Crippen molar-refractivity contribution in [2.24, 2.45) is 0 Å². The van der Waals surface area contributed by atoms with E-state index in [2.05, 4.69) is 12.2 Å². The van der Waals surface area contributed by atoms with Gasteiger partial charge in [-0.1, -0.05) is 51.8 Å². The molecular formula is C14H23NO. The van der Waals surface area contributed by atoms with Crippen LogP contribution in [0.2, 0.25) is 0 Å². The first-order valence-electron chi connectivity index (χ1n) is 6.18. The first kappa shape index (κ1) is 14.7. The average Bonchev–Trinajstić information content (AvgIpc) is 2.38. The highest BCUT2D eigenvalue weighted by Crippen LogP contribution is 1.98. The van der Waals surface area contributed by atoms with Crippen LogP contribution in [0, 0.1) is 0 Å². The lowest BCUT2D eigenvalue weighted by Gasteiger charge is -2.03. The van der Waals surface area contributed by atoms with Gasteiger partial charge in [-0.25, -0.2) is 0 Å². The van der Waals surface area contributed by atoms with Crippen LogP contribution in [0.15, 0.2) is 30.3 Å². The quantitative estimate of drug-likeness (QED) is 0.756. The summed E-state index contributed by atoms with van der Waals surface area (Å²) in [6.07, 6.45) is 3.42. The van der Waals surface area contributed by atoms with E-state index in [1.807, 2.05) is 44.2 Å². The van der Waals surface area contributed by atoms with Crippen LogP contribution in [0.1, 0.15) is 50.4 Å². The lowest BCUT2D eigenvalue weighted by atomic mass is 10.2. The molecule has 1 aromatic carbocycles. The number of benzene rings is 1. The van der Waals surface area contributed by atoms with E-state index in [1.54, 1.807) is 0 Å². The molecule has 0 bridgehead atoms. The maximum Gasteiger partial charge on any atom is 0.251 e. The Morgan fingerprint density at radius 1 is 1.12 bits per heavy atom. The molecule has 0 aromatic heterocycles. The molecule has 2 nitrogen and oxygen atoms in total. The van der Waals surface area contributed by atoms with Gasteiger partial charge in [0.2, 0.25) is 0 Å². The van der Waals surface area contributed by atoms with Gasteiger partial charge in [0.25, 0.3) is 5.91 Å². The van der Waals surface area contributed by atoms with E-state index >= 15 is 0 Å². The summed E-state index contributed by atoms with van der Waals surface area (Å²) in [5.41, 5.74) is 0.740. The van der Waals surface area contributed by atoms with Crippen molar-refractivity contribution >= 4 is 5.91 Å². The van der Waals surface area contributed by atoms with Gasteiger partial charge in [-0.3, -0.25) is 4.79 Å². The highest BCUT2D eigenvalue weighted by Gasteiger charge is 2.01. The lowest BCUT2D eigenvalue weighted by Crippen LogP contribution is -2.24. The Kier molecular flexibility index (Phi) is 9.38. The van der Waals surface area contributed by atoms with Gasteiger partial charge in [0.15, 0.2) is 0 Å². The minimum absolute atomic E-state index is 0.0294. The Morgan fingerprint density at radius 3 is 2.31 bits per heavy atom. The summed E-state index contributed by atoms with van der Waals surface area (Å²) in [6, 6.07) is 9.32. The van der Waals surface area contributed by atoms with Crippen LogP contribution in [0.3, 0.4) is 0 Å². The van der Waals surface area contributed by atoms with Crippen molar-refractivity contribution < 1.29 is 4.79 Å². The minimum atomic E-state index is 0.0294. The average molecular weight is 221 g/mol. The summed E-state index contributed by atoms with van der Waals surface area (Å²) >= 11 is 0. The van der Waals surface area contributed by atoms with Gasteiger partial charge in [-0.05, 0) is 18.6 Å². The molecule has 0 radical (unpaired) electrons. The standard InChI is InChI=1S/C12H17NO.C2H6/c1-2-3-7-10-13-12(14)11-8-5-4-6-9-11;1-2/h4-6,8-9H,2-3,7,10H2,1H3,(H,13,14);1-2H3. The van der Waals surface area contributed by atoms with E-state index in [4.69, 9.17) is 0 Å². The van der Waals surface area contributed by atoms with Gasteiger partial charge in [-0.15, -0.1) is 0 Å². The van der Waals surface area contributed by atoms with Crippen molar-refractivity contribution in [1.82, 2.24) is 5.32 Å². The third-order valence-corrected chi connectivity index (χ3v) is 2.10. The van der Waals surface area contributed by atoms with Crippen LogP contribution in [0.25, 0.3) is 0 Å². The van der Waals surface area contributed by atoms with Gasteiger partial charge in [0, 0.05) is 12.1 Å². The van der Waals surface area contributed by atoms with Crippen molar-refractivity contribution in [3.05, 3.63) is 35.9 Å². The van der Waals surface area contributed by atoms with Crippen molar-refractivity contribution in [3.8, 4) is 0 Å². The number of nitrogens with one attached hydrogen (secondary N) is 1. The fourth-order valence-corrected chi connectivity index (χ4v) is 1.27. The highest BCUT2D eigenvalue weighted by atomic mass is 16.1. The zero-order valence-electron chi connectivity index (χ0n) is 10.6. The Hall–Kier alpha value is -1.31. The molecule has 0 saturated heterocycles. The molecule has 0 saturated carbocycles. The zero-order chi connectivity index (χ0) is 12.2. The molecule has 0 unspecified atom stereocenters. The van der Waals surface area contributed by atoms with Gasteiger partial charge >= 0.3 is 0 Å². The molecular weight excluding hydrogens is 198 g/mol. The normalized spacial score (nSPS) is 8.94. The molecule has 1 rings (SSSR count). The van der Waals surface area contributed by atoms with E-state index < -0.39 is 0 Å². The van der Waals surface area contributed by atoms with E-state index in [0.29, 0.717) is 0 Å². The molecule has 0 heterocycles. The van der Waals surface area contributed by atoms with Crippen LogP contribution >= 0.6 is 0 Å². The summed E-state index contributed by atoms with van der Waals surface area (Å²) in [4.78, 5) is 11.5. The fraction of sp³-hybridized carbons (Fsp3) is 0.500. The number of carbonyl (C=O) groups is 1. The van der Waals surface area contributed by atoms with Gasteiger partial charge in [0.05, 0.1) is 0 Å². The molecule has 0 fully saturated rings. The summed E-state index contributed by atoms with van der Waals surface area (Å²) < 4.78 is 0. The first-order chi connectivity index (χ1) is 7.84. The number of rotatable bonds is 5. The summed E-state index contributed by atoms with van der Waals surface area (Å²) in [5.74, 6) is 0.0294. The molecule has 0 aliphatic heterocycles. The van der Waals surface area contributed by atoms with Crippen LogP contribution in [0.5, 0.6) is 0 Å². The van der Waals surface area contributed by atoms with Gasteiger partial charge in [0.1, 0.15) is 0 Å². The zero-order valence-corrected chi connectivity index (χ0v) is 10.6. The van der Waals surface area contributed by atoms with E-state index in [9.17, 15) is 4.79 Å². The number of hydrogen-bond donors (Lipinski definition) is 1. The number of hydrogen-bond acceptors (Lipinski definition) is 1. The Bertz CT molecular complexity index is 269. The molecule has 0 spiro atoms. The van der Waals surface area contributed by atoms with Crippen LogP contribution in [0.4, 0.5) is 0 Å². The lowest BCUT2D eigenvalue weighted by molar-refractivity contribution is 0.0953. The molecule has 90 valence electrons. The number of amides is 1. The van der Waals surface area contributed by atoms with Crippen molar-refractivity contribution in [1.29, 1.82) is 0 Å². The smallest absolute Gasteiger partial charge is 0.251 e. The summed E-state index contributed by atoms with van der Waals surface area (Å²) in [5, 5.41) is 2.89. The van der Waals surface area contributed by atoms with Crippen molar-refractivity contribution in [2.45, 2.75) is 40.0 Å². The number of carbonyl (C=O) groups excluding carboxylic acids is 1. The molecule has 1 N–H and O–H groups in total. The fourth-order valence-electron chi connectivity index (χ4n) is 1.27. The summed E-state index contributed by atoms with van der Waals surface area (Å²) in [7, 11) is 0. The highest BCUT2D eigenvalue weighted by molar-refractivity contribution is 5.94. The van der Waals surface area contributed by atoms with Crippen LogP contribution in [-0.2, 0) is 0 Å². The van der Waals surface area contributed by atoms with E-state index in [0.717, 1.165) is 18.5 Å². The second-order valence-corrected chi connectivity index (χ2v) is 3.33. The third kappa shape index (κ3) is 6.23. The third-order valence-electron chi connectivity index (χ3n) is 2.10. The molecule has 0 aliphatic carbocycles. The van der Waals surface area contributed by atoms with Gasteiger partial charge in [-0.2, -0.15) is 0 Å². The Labute approximate surface area is 99.1 Å². The predicted octanol–water partition coefficient (Wildman–Crippen LogP) is 3.63. The maximum absolute atomic E-state index is 11.5. The van der Waals surface area contributed by atoms with Gasteiger partial charge < -0.3 is 5.32 Å². The largest absolute Gasteiger partial charge is 0.352 e. The second kappa shape index (κ2) is 10.2. The Balaban J connectivity index is 0.00000106. The van der Waals surface area contributed by atoms with Crippen molar-refractivity contribution in [3.63, 3.8) is 0 Å². The van der Waals surface area contributed by atoms with Crippen molar-refractivity contribution in [2.75, 3.05) is 6.54 Å². The molecule has 16 heavy (non-hydrogen) atoms. The van der Waals surface area contributed by atoms with Crippen LogP contribution < -0.4 is 5.32 Å². The van der Waals surface area contributed by atoms with Crippen LogP contribution in [-0.4, -0.2) is 12.5 Å². The van der Waals surface area contributed by atoms with E-state index in [1.165, 1.54) is 12.8 Å². The molecule has 0 atom stereocenters. The summed E-state index contributed by atoms with van der Waals surface area (Å²) in [6.45, 7) is 6.93. The second-order valence-electron chi connectivity index (χ2n) is 3.33. The maximum atomic E-state index is 11.5. The first-order valence-corrected chi connectivity index (χ1v) is 6.18. The Morgan fingerprint density at radius 2 is 1.75 bits per heavy atom. The molecule has 1 aromatic rings. The SMILES string of the molecule is CC.CCCCCNC(=O)c1ccccc1. The molecule has 2 heteroatoms. The molecule has 1 amide bonds. The number of unbranched alkanes of at least 4 members (excludes halogenated alkanes) is 2. The topological polar surface area (TPSA) is 29.1 Å². The molecule has 0 aliphatic rings. The predicted molar refractivity (Wildman–Crippen MR) is 69.6 cm³/mol. The monoisotopic (exact) mass is 221 g/mol. The minimum Gasteiger partial charge on any atom is -0.352 e. The van der Waals surface area contributed by atoms with E-state index in [-0.39, 0.29) is 5.91 Å².